The standard InChI is InChI=1S/C26H28NO2P/c1-29-24-17-10-11-20(26(24)28)19-27-23-16-8-9-18-25(23)30(21-12-4-2-5-13-21)22-14-6-3-7-15-22/h2-7,10-15,17,19,23,25,28H,8-9,16,18H2,1H3/t23-,25-/m1/s1. The van der Waals surface area contributed by atoms with Gasteiger partial charge in [0.2, 0.25) is 0 Å². The fourth-order valence-corrected chi connectivity index (χ4v) is 7.32. The third-order valence-electron chi connectivity index (χ3n) is 5.75. The number of phenols is 1. The summed E-state index contributed by atoms with van der Waals surface area (Å²) in [5, 5.41) is 13.3. The number of nitrogens with zero attached hydrogens (tertiary/aromatic N) is 1. The van der Waals surface area contributed by atoms with Gasteiger partial charge in [0.15, 0.2) is 11.5 Å². The van der Waals surface area contributed by atoms with Gasteiger partial charge in [-0.3, -0.25) is 4.99 Å². The van der Waals surface area contributed by atoms with Crippen LogP contribution in [0.2, 0.25) is 0 Å². The maximum atomic E-state index is 10.4. The number of benzene rings is 3. The Balaban J connectivity index is 1.68. The van der Waals surface area contributed by atoms with Crippen molar-refractivity contribution in [1.29, 1.82) is 0 Å². The van der Waals surface area contributed by atoms with Crippen molar-refractivity contribution in [2.75, 3.05) is 7.11 Å². The Hall–Kier alpha value is -2.64. The number of phenolic OH excluding ortho intramolecular Hbond substituents is 1. The molecule has 0 spiro atoms. The zero-order valence-corrected chi connectivity index (χ0v) is 18.2. The molecule has 0 saturated heterocycles. The summed E-state index contributed by atoms with van der Waals surface area (Å²) >= 11 is 0. The normalized spacial score (nSPS) is 19.3. The van der Waals surface area contributed by atoms with Crippen molar-refractivity contribution in [2.45, 2.75) is 37.4 Å². The second kappa shape index (κ2) is 9.91. The van der Waals surface area contributed by atoms with E-state index in [2.05, 4.69) is 60.7 Å². The van der Waals surface area contributed by atoms with E-state index in [0.717, 1.165) is 6.42 Å². The quantitative estimate of drug-likeness (QED) is 0.439. The van der Waals surface area contributed by atoms with Gasteiger partial charge >= 0.3 is 0 Å². The third kappa shape index (κ3) is 4.57. The predicted octanol–water partition coefficient (Wildman–Crippen LogP) is 5.26. The van der Waals surface area contributed by atoms with Gasteiger partial charge in [-0.1, -0.05) is 79.6 Å². The molecule has 0 bridgehead atoms. The highest BCUT2D eigenvalue weighted by Gasteiger charge is 2.33. The predicted molar refractivity (Wildman–Crippen MR) is 127 cm³/mol. The van der Waals surface area contributed by atoms with Crippen molar-refractivity contribution < 1.29 is 9.84 Å². The minimum absolute atomic E-state index is 0.157. The molecule has 3 nitrogen and oxygen atoms in total. The minimum atomic E-state index is -0.507. The smallest absolute Gasteiger partial charge is 0.166 e. The summed E-state index contributed by atoms with van der Waals surface area (Å²) in [4.78, 5) is 5.02. The molecule has 0 amide bonds. The SMILES string of the molecule is COc1cccc(C=N[C@@H]2CCCC[C@H]2P(c2ccccc2)c2ccccc2)c1O. The van der Waals surface area contributed by atoms with E-state index in [1.807, 2.05) is 18.3 Å². The number of ether oxygens (including phenoxy) is 1. The molecule has 4 rings (SSSR count). The Morgan fingerprint density at radius 3 is 2.13 bits per heavy atom. The van der Waals surface area contributed by atoms with Crippen LogP contribution in [0.3, 0.4) is 0 Å². The Bertz CT molecular complexity index is 935. The van der Waals surface area contributed by atoms with Crippen LogP contribution in [0.5, 0.6) is 11.5 Å². The van der Waals surface area contributed by atoms with Gasteiger partial charge in [-0.25, -0.2) is 0 Å². The Labute approximate surface area is 180 Å². The number of aromatic hydroxyl groups is 1. The molecular formula is C26H28NO2P. The molecule has 1 N–H and O–H groups in total. The topological polar surface area (TPSA) is 41.8 Å². The molecule has 1 aliphatic carbocycles. The second-order valence-corrected chi connectivity index (χ2v) is 10.1. The highest BCUT2D eigenvalue weighted by molar-refractivity contribution is 7.73. The average molecular weight is 417 g/mol. The molecule has 1 saturated carbocycles. The van der Waals surface area contributed by atoms with Gasteiger partial charge in [0.1, 0.15) is 0 Å². The van der Waals surface area contributed by atoms with E-state index in [1.54, 1.807) is 13.2 Å². The summed E-state index contributed by atoms with van der Waals surface area (Å²) in [5.41, 5.74) is 1.20. The van der Waals surface area contributed by atoms with Crippen molar-refractivity contribution in [3.8, 4) is 11.5 Å². The van der Waals surface area contributed by atoms with E-state index in [0.29, 0.717) is 17.0 Å². The van der Waals surface area contributed by atoms with E-state index in [4.69, 9.17) is 9.73 Å². The lowest BCUT2D eigenvalue weighted by Crippen LogP contribution is -2.33. The highest BCUT2D eigenvalue weighted by Crippen LogP contribution is 2.47. The number of rotatable bonds is 6. The number of methoxy groups -OCH3 is 1. The number of aliphatic imine (C=N–C) groups is 1. The van der Waals surface area contributed by atoms with Crippen molar-refractivity contribution in [1.82, 2.24) is 0 Å². The zero-order valence-electron chi connectivity index (χ0n) is 17.3. The number of hydrogen-bond donors (Lipinski definition) is 1. The van der Waals surface area contributed by atoms with Gasteiger partial charge in [-0.15, -0.1) is 0 Å². The minimum Gasteiger partial charge on any atom is -0.504 e. The Morgan fingerprint density at radius 1 is 0.867 bits per heavy atom. The first kappa shape index (κ1) is 20.6. The summed E-state index contributed by atoms with van der Waals surface area (Å²) in [7, 11) is 1.06. The van der Waals surface area contributed by atoms with E-state index in [-0.39, 0.29) is 11.8 Å². The lowest BCUT2D eigenvalue weighted by atomic mass is 9.95. The van der Waals surface area contributed by atoms with E-state index in [9.17, 15) is 5.11 Å². The van der Waals surface area contributed by atoms with Gasteiger partial charge in [-0.05, 0) is 43.5 Å². The molecule has 2 atom stereocenters. The van der Waals surface area contributed by atoms with Crippen LogP contribution in [-0.2, 0) is 0 Å². The molecule has 0 unspecified atom stereocenters. The van der Waals surface area contributed by atoms with Crippen LogP contribution >= 0.6 is 7.92 Å². The molecule has 0 heterocycles. The van der Waals surface area contributed by atoms with E-state index < -0.39 is 7.92 Å². The maximum Gasteiger partial charge on any atom is 0.166 e. The molecule has 0 radical (unpaired) electrons. The molecule has 1 fully saturated rings. The van der Waals surface area contributed by atoms with Gasteiger partial charge in [0.05, 0.1) is 13.2 Å². The third-order valence-corrected chi connectivity index (χ3v) is 8.72. The van der Waals surface area contributed by atoms with Crippen LogP contribution in [0, 0.1) is 0 Å². The number of hydrogen-bond acceptors (Lipinski definition) is 3. The fraction of sp³-hybridized carbons (Fsp3) is 0.269. The summed E-state index contributed by atoms with van der Waals surface area (Å²) in [6.07, 6.45) is 6.56. The van der Waals surface area contributed by atoms with Crippen molar-refractivity contribution in [3.05, 3.63) is 84.4 Å². The lowest BCUT2D eigenvalue weighted by Gasteiger charge is -2.36. The van der Waals surface area contributed by atoms with Crippen LogP contribution in [0.4, 0.5) is 0 Å². The molecule has 3 aromatic carbocycles. The highest BCUT2D eigenvalue weighted by atomic mass is 31.1. The van der Waals surface area contributed by atoms with Crippen LogP contribution in [-0.4, -0.2) is 30.1 Å². The van der Waals surface area contributed by atoms with Crippen molar-refractivity contribution in [2.24, 2.45) is 4.99 Å². The molecule has 0 aliphatic heterocycles. The Morgan fingerprint density at radius 2 is 1.50 bits per heavy atom. The first-order valence-electron chi connectivity index (χ1n) is 10.6. The monoisotopic (exact) mass is 417 g/mol. The lowest BCUT2D eigenvalue weighted by molar-refractivity contribution is 0.373. The van der Waals surface area contributed by atoms with Gasteiger partial charge in [-0.2, -0.15) is 0 Å². The first-order chi connectivity index (χ1) is 14.8. The van der Waals surface area contributed by atoms with Gasteiger partial charge in [0, 0.05) is 17.4 Å². The zero-order chi connectivity index (χ0) is 20.8. The second-order valence-electron chi connectivity index (χ2n) is 7.64. The fourth-order valence-electron chi connectivity index (χ4n) is 4.26. The largest absolute Gasteiger partial charge is 0.504 e. The van der Waals surface area contributed by atoms with Crippen molar-refractivity contribution >= 4 is 24.7 Å². The van der Waals surface area contributed by atoms with Gasteiger partial charge < -0.3 is 9.84 Å². The summed E-state index contributed by atoms with van der Waals surface area (Å²) in [5.74, 6) is 0.638. The number of para-hydroxylation sites is 1. The maximum absolute atomic E-state index is 10.4. The van der Waals surface area contributed by atoms with Crippen LogP contribution < -0.4 is 15.3 Å². The molecule has 1 aliphatic rings. The van der Waals surface area contributed by atoms with E-state index in [1.165, 1.54) is 29.9 Å². The first-order valence-corrected chi connectivity index (χ1v) is 12.0. The van der Waals surface area contributed by atoms with Crippen LogP contribution in [0.25, 0.3) is 0 Å². The Kier molecular flexibility index (Phi) is 6.81. The molecular weight excluding hydrogens is 389 g/mol. The van der Waals surface area contributed by atoms with Gasteiger partial charge in [0.25, 0.3) is 0 Å². The van der Waals surface area contributed by atoms with Crippen molar-refractivity contribution in [3.63, 3.8) is 0 Å². The summed E-state index contributed by atoms with van der Waals surface area (Å²) in [6, 6.07) is 27.6. The van der Waals surface area contributed by atoms with Crippen LogP contribution in [0.1, 0.15) is 31.2 Å². The average Bonchev–Trinajstić information content (AvgIpc) is 2.81. The summed E-state index contributed by atoms with van der Waals surface area (Å²) < 4.78 is 5.24. The molecule has 30 heavy (non-hydrogen) atoms. The molecule has 0 aromatic heterocycles. The molecule has 4 heteroatoms. The molecule has 154 valence electrons. The van der Waals surface area contributed by atoms with E-state index >= 15 is 0 Å². The molecule has 3 aromatic rings. The summed E-state index contributed by atoms with van der Waals surface area (Å²) in [6.45, 7) is 0. The van der Waals surface area contributed by atoms with Crippen LogP contribution in [0.15, 0.2) is 83.9 Å².